The van der Waals surface area contributed by atoms with Crippen LogP contribution in [0.15, 0.2) is 77.8 Å². The zero-order valence-corrected chi connectivity index (χ0v) is 19.9. The van der Waals surface area contributed by atoms with Crippen molar-refractivity contribution >= 4 is 34.8 Å². The molecule has 5 rings (SSSR count). The lowest BCUT2D eigenvalue weighted by molar-refractivity contribution is -0.116. The van der Waals surface area contributed by atoms with Crippen LogP contribution >= 0.6 is 11.6 Å². The minimum atomic E-state index is -0.635. The summed E-state index contributed by atoms with van der Waals surface area (Å²) in [5.74, 6) is 0.337. The van der Waals surface area contributed by atoms with Crippen LogP contribution in [0.1, 0.15) is 45.6 Å². The number of aryl methyl sites for hydroxylation is 1. The molecule has 1 atom stereocenters. The molecule has 2 amide bonds. The van der Waals surface area contributed by atoms with E-state index in [0.29, 0.717) is 22.4 Å². The van der Waals surface area contributed by atoms with Gasteiger partial charge in [0.05, 0.1) is 17.8 Å². The first-order valence-electron chi connectivity index (χ1n) is 11.1. The Hall–Kier alpha value is -4.34. The molecule has 9 nitrogen and oxygen atoms in total. The molecular weight excluding hydrogens is 480 g/mol. The maximum Gasteiger partial charge on any atom is 0.274 e. The number of nitrogens with zero attached hydrogens (tertiary/aromatic N) is 4. The first kappa shape index (κ1) is 23.4. The number of amides is 2. The molecule has 3 aromatic carbocycles. The van der Waals surface area contributed by atoms with E-state index in [-0.39, 0.29) is 17.9 Å². The Labute approximate surface area is 211 Å². The van der Waals surface area contributed by atoms with Crippen molar-refractivity contribution in [2.45, 2.75) is 19.4 Å². The van der Waals surface area contributed by atoms with Crippen LogP contribution in [-0.2, 0) is 4.79 Å². The van der Waals surface area contributed by atoms with E-state index in [2.05, 4.69) is 15.5 Å². The van der Waals surface area contributed by atoms with E-state index in [1.807, 2.05) is 47.9 Å². The molecule has 1 aromatic heterocycles. The number of anilines is 1. The summed E-state index contributed by atoms with van der Waals surface area (Å²) in [6, 6.07) is 20.8. The number of rotatable bonds is 5. The van der Waals surface area contributed by atoms with Crippen molar-refractivity contribution in [3.63, 3.8) is 0 Å². The number of carbonyl (C=O) groups excluding carboxylic acids is 2. The number of fused-ring (bicyclic) bond motifs is 3. The fourth-order valence-electron chi connectivity index (χ4n) is 4.18. The molecular formula is C26H21ClN6O3. The average molecular weight is 501 g/mol. The molecule has 3 N–H and O–H groups in total. The lowest BCUT2D eigenvalue weighted by Gasteiger charge is -2.13. The molecule has 0 spiro atoms. The number of hydrogen-bond acceptors (Lipinski definition) is 6. The topological polar surface area (TPSA) is 122 Å². The molecule has 1 aliphatic heterocycles. The fraction of sp³-hybridized carbons (Fsp3) is 0.115. The number of benzene rings is 3. The SMILES string of the molecule is Cc1nnc2n1-c1ccccc1C(c1ccc(Cl)cc1)=N[C@H]2CC(=O)Nc1ccc(C(=O)NO)cc1. The molecule has 0 unspecified atom stereocenters. The van der Waals surface area contributed by atoms with E-state index >= 15 is 0 Å². The van der Waals surface area contributed by atoms with Crippen molar-refractivity contribution in [1.82, 2.24) is 20.2 Å². The number of nitrogens with one attached hydrogen (secondary N) is 2. The molecule has 0 aliphatic carbocycles. The van der Waals surface area contributed by atoms with Gasteiger partial charge in [-0.2, -0.15) is 0 Å². The lowest BCUT2D eigenvalue weighted by Crippen LogP contribution is -2.19. The highest BCUT2D eigenvalue weighted by atomic mass is 35.5. The monoisotopic (exact) mass is 500 g/mol. The molecule has 0 saturated carbocycles. The van der Waals surface area contributed by atoms with E-state index in [9.17, 15) is 9.59 Å². The summed E-state index contributed by atoms with van der Waals surface area (Å²) in [7, 11) is 0. The van der Waals surface area contributed by atoms with Gasteiger partial charge in [0.15, 0.2) is 5.82 Å². The van der Waals surface area contributed by atoms with E-state index in [1.165, 1.54) is 12.1 Å². The van der Waals surface area contributed by atoms with Gasteiger partial charge >= 0.3 is 0 Å². The van der Waals surface area contributed by atoms with E-state index in [0.717, 1.165) is 22.5 Å². The van der Waals surface area contributed by atoms with Crippen LogP contribution in [0.5, 0.6) is 0 Å². The highest BCUT2D eigenvalue weighted by Gasteiger charge is 2.29. The van der Waals surface area contributed by atoms with Crippen molar-refractivity contribution in [3.05, 3.63) is 106 Å². The summed E-state index contributed by atoms with van der Waals surface area (Å²) in [5.41, 5.74) is 5.71. The third-order valence-electron chi connectivity index (χ3n) is 5.86. The van der Waals surface area contributed by atoms with Gasteiger partial charge < -0.3 is 5.32 Å². The Morgan fingerprint density at radius 1 is 1.00 bits per heavy atom. The maximum atomic E-state index is 13.1. The van der Waals surface area contributed by atoms with Crippen LogP contribution in [0.2, 0.25) is 5.02 Å². The molecule has 0 saturated heterocycles. The smallest absolute Gasteiger partial charge is 0.274 e. The Bertz CT molecular complexity index is 1480. The van der Waals surface area contributed by atoms with Crippen molar-refractivity contribution in [2.75, 3.05) is 5.32 Å². The maximum absolute atomic E-state index is 13.1. The Balaban J connectivity index is 1.51. The van der Waals surface area contributed by atoms with E-state index in [1.54, 1.807) is 29.7 Å². The summed E-state index contributed by atoms with van der Waals surface area (Å²) in [6.07, 6.45) is 0.0160. The first-order chi connectivity index (χ1) is 17.4. The number of aromatic nitrogens is 3. The molecule has 1 aliphatic rings. The predicted octanol–water partition coefficient (Wildman–Crippen LogP) is 4.27. The normalized spacial score (nSPS) is 14.2. The second-order valence-electron chi connectivity index (χ2n) is 8.23. The third-order valence-corrected chi connectivity index (χ3v) is 6.11. The largest absolute Gasteiger partial charge is 0.326 e. The Kier molecular flexibility index (Phi) is 6.32. The highest BCUT2D eigenvalue weighted by molar-refractivity contribution is 6.30. The third kappa shape index (κ3) is 4.49. The van der Waals surface area contributed by atoms with Gasteiger partial charge in [-0.25, -0.2) is 5.48 Å². The number of carbonyl (C=O) groups is 2. The first-order valence-corrected chi connectivity index (χ1v) is 11.5. The van der Waals surface area contributed by atoms with Gasteiger partial charge in [0.25, 0.3) is 5.91 Å². The molecule has 10 heteroatoms. The Morgan fingerprint density at radius 3 is 2.44 bits per heavy atom. The van der Waals surface area contributed by atoms with Gasteiger partial charge in [0.1, 0.15) is 11.9 Å². The van der Waals surface area contributed by atoms with Crippen LogP contribution in [0.4, 0.5) is 5.69 Å². The summed E-state index contributed by atoms with van der Waals surface area (Å²) in [4.78, 5) is 29.6. The van der Waals surface area contributed by atoms with Gasteiger partial charge in [-0.05, 0) is 49.4 Å². The highest BCUT2D eigenvalue weighted by Crippen LogP contribution is 2.33. The quantitative estimate of drug-likeness (QED) is 0.279. The zero-order chi connectivity index (χ0) is 25.2. The van der Waals surface area contributed by atoms with Crippen molar-refractivity contribution in [1.29, 1.82) is 0 Å². The summed E-state index contributed by atoms with van der Waals surface area (Å²) >= 11 is 6.12. The molecule has 0 radical (unpaired) electrons. The number of hydroxylamine groups is 1. The van der Waals surface area contributed by atoms with Crippen LogP contribution in [0.25, 0.3) is 5.69 Å². The van der Waals surface area contributed by atoms with E-state index < -0.39 is 11.9 Å². The Morgan fingerprint density at radius 2 is 1.72 bits per heavy atom. The van der Waals surface area contributed by atoms with Crippen LogP contribution in [0, 0.1) is 6.92 Å². The molecule has 0 fully saturated rings. The van der Waals surface area contributed by atoms with Crippen LogP contribution in [0.3, 0.4) is 0 Å². The summed E-state index contributed by atoms with van der Waals surface area (Å²) < 4.78 is 1.93. The fourth-order valence-corrected chi connectivity index (χ4v) is 4.30. The van der Waals surface area contributed by atoms with Gasteiger partial charge in [0.2, 0.25) is 5.91 Å². The van der Waals surface area contributed by atoms with Gasteiger partial charge in [-0.1, -0.05) is 41.9 Å². The minimum absolute atomic E-state index is 0.0160. The van der Waals surface area contributed by atoms with E-state index in [4.69, 9.17) is 21.8 Å². The standard InChI is InChI=1S/C26H21ClN6O3/c1-15-30-31-25-21(14-23(34)28-19-12-8-17(9-13-19)26(35)32-36)29-24(16-6-10-18(27)11-7-16)20-4-2-3-5-22(20)33(15)25/h2-13,21,36H,14H2,1H3,(H,28,34)(H,32,35)/t21-/m0/s1. The lowest BCUT2D eigenvalue weighted by atomic mass is 10.0. The van der Waals surface area contributed by atoms with Gasteiger partial charge in [0, 0.05) is 27.4 Å². The number of halogens is 1. The predicted molar refractivity (Wildman–Crippen MR) is 135 cm³/mol. The van der Waals surface area contributed by atoms with Gasteiger partial charge in [-0.3, -0.25) is 24.4 Å². The van der Waals surface area contributed by atoms with Crippen molar-refractivity contribution < 1.29 is 14.8 Å². The number of para-hydroxylation sites is 1. The van der Waals surface area contributed by atoms with Crippen LogP contribution in [-0.4, -0.2) is 37.5 Å². The molecule has 4 aromatic rings. The molecule has 180 valence electrons. The second-order valence-corrected chi connectivity index (χ2v) is 8.67. The number of aliphatic imine (C=N–C) groups is 1. The minimum Gasteiger partial charge on any atom is -0.326 e. The van der Waals surface area contributed by atoms with Crippen molar-refractivity contribution in [2.24, 2.45) is 4.99 Å². The average Bonchev–Trinajstić information content (AvgIpc) is 3.21. The van der Waals surface area contributed by atoms with Crippen LogP contribution < -0.4 is 10.8 Å². The molecule has 36 heavy (non-hydrogen) atoms. The molecule has 0 bridgehead atoms. The molecule has 2 heterocycles. The van der Waals surface area contributed by atoms with Gasteiger partial charge in [-0.15, -0.1) is 10.2 Å². The van der Waals surface area contributed by atoms with Crippen molar-refractivity contribution in [3.8, 4) is 5.69 Å². The second kappa shape index (κ2) is 9.73. The zero-order valence-electron chi connectivity index (χ0n) is 19.1. The summed E-state index contributed by atoms with van der Waals surface area (Å²) in [5, 5.41) is 20.9. The number of hydrogen-bond donors (Lipinski definition) is 3. The summed E-state index contributed by atoms with van der Waals surface area (Å²) in [6.45, 7) is 1.86.